The Kier molecular flexibility index (Phi) is 5.66. The van der Waals surface area contributed by atoms with Gasteiger partial charge >= 0.3 is 5.97 Å². The van der Waals surface area contributed by atoms with Gasteiger partial charge in [0.1, 0.15) is 0 Å². The fourth-order valence-corrected chi connectivity index (χ4v) is 3.70. The zero-order valence-corrected chi connectivity index (χ0v) is 12.6. The van der Waals surface area contributed by atoms with E-state index < -0.39 is 8.32 Å². The van der Waals surface area contributed by atoms with E-state index in [1.165, 1.54) is 39.2 Å². The van der Waals surface area contributed by atoms with Crippen LogP contribution >= 0.6 is 0 Å². The molecule has 1 rings (SSSR count). The van der Waals surface area contributed by atoms with E-state index in [1.807, 2.05) is 0 Å². The average Bonchev–Trinajstić information content (AvgIpc) is 2.27. The Labute approximate surface area is 106 Å². The van der Waals surface area contributed by atoms with E-state index in [2.05, 4.69) is 19.6 Å². The molecular weight excluding hydrogens is 232 g/mol. The number of rotatable bonds is 5. The van der Waals surface area contributed by atoms with Crippen LogP contribution in [-0.2, 0) is 14.0 Å². The van der Waals surface area contributed by atoms with E-state index in [1.54, 1.807) is 0 Å². The Morgan fingerprint density at radius 2 is 1.82 bits per heavy atom. The largest absolute Gasteiger partial charge is 0.469 e. The third-order valence-electron chi connectivity index (χ3n) is 3.28. The van der Waals surface area contributed by atoms with Crippen LogP contribution in [0.3, 0.4) is 0 Å². The number of hydrogen-bond donors (Lipinski definition) is 0. The van der Waals surface area contributed by atoms with Crippen molar-refractivity contribution in [3.05, 3.63) is 0 Å². The van der Waals surface area contributed by atoms with Gasteiger partial charge < -0.3 is 9.16 Å². The quantitative estimate of drug-likeness (QED) is 0.560. The van der Waals surface area contributed by atoms with Crippen LogP contribution in [0.2, 0.25) is 19.6 Å². The molecule has 1 fully saturated rings. The van der Waals surface area contributed by atoms with Crippen molar-refractivity contribution in [3.63, 3.8) is 0 Å². The topological polar surface area (TPSA) is 35.5 Å². The van der Waals surface area contributed by atoms with Gasteiger partial charge in [-0.1, -0.05) is 19.3 Å². The monoisotopic (exact) mass is 258 g/mol. The van der Waals surface area contributed by atoms with Crippen LogP contribution in [0.15, 0.2) is 0 Å². The fraction of sp³-hybridized carbons (Fsp3) is 0.923. The average molecular weight is 258 g/mol. The molecule has 0 unspecified atom stereocenters. The first kappa shape index (κ1) is 14.7. The molecule has 0 aromatic rings. The van der Waals surface area contributed by atoms with E-state index >= 15 is 0 Å². The Bertz CT molecular complexity index is 242. The van der Waals surface area contributed by atoms with Crippen LogP contribution in [0, 0.1) is 5.92 Å². The molecule has 1 saturated carbocycles. The molecule has 0 amide bonds. The standard InChI is InChI=1S/C13H26O3Si/c1-15-13(14)10-12(16-17(2,3)4)11-8-6-5-7-9-11/h11-12H,5-10H2,1-4H3/t12-/m1/s1. The van der Waals surface area contributed by atoms with Crippen molar-refractivity contribution in [2.75, 3.05) is 7.11 Å². The number of carbonyl (C=O) groups excluding carboxylic acids is 1. The van der Waals surface area contributed by atoms with Crippen molar-refractivity contribution in [2.24, 2.45) is 5.92 Å². The molecule has 0 aromatic carbocycles. The van der Waals surface area contributed by atoms with E-state index in [-0.39, 0.29) is 12.1 Å². The van der Waals surface area contributed by atoms with Gasteiger partial charge in [0.05, 0.1) is 19.6 Å². The Morgan fingerprint density at radius 1 is 1.24 bits per heavy atom. The maximum atomic E-state index is 11.5. The molecule has 0 heterocycles. The van der Waals surface area contributed by atoms with Crippen LogP contribution in [0.5, 0.6) is 0 Å². The molecule has 0 spiro atoms. The molecule has 1 aliphatic carbocycles. The molecule has 4 heteroatoms. The van der Waals surface area contributed by atoms with Gasteiger partial charge in [0.25, 0.3) is 0 Å². The second-order valence-electron chi connectivity index (χ2n) is 5.95. The van der Waals surface area contributed by atoms with Gasteiger partial charge in [-0.05, 0) is 38.4 Å². The van der Waals surface area contributed by atoms with Crippen LogP contribution in [0.4, 0.5) is 0 Å². The van der Waals surface area contributed by atoms with Gasteiger partial charge in [-0.2, -0.15) is 0 Å². The summed E-state index contributed by atoms with van der Waals surface area (Å²) in [4.78, 5) is 11.5. The molecule has 1 aliphatic rings. The number of ether oxygens (including phenoxy) is 1. The summed E-state index contributed by atoms with van der Waals surface area (Å²) in [5.41, 5.74) is 0. The summed E-state index contributed by atoms with van der Waals surface area (Å²) in [5, 5.41) is 0. The van der Waals surface area contributed by atoms with Crippen LogP contribution in [-0.4, -0.2) is 27.5 Å². The maximum absolute atomic E-state index is 11.5. The van der Waals surface area contributed by atoms with Gasteiger partial charge in [-0.3, -0.25) is 4.79 Å². The summed E-state index contributed by atoms with van der Waals surface area (Å²) in [6.07, 6.45) is 6.78. The third-order valence-corrected chi connectivity index (χ3v) is 4.29. The summed E-state index contributed by atoms with van der Waals surface area (Å²) in [5.74, 6) is 0.411. The first-order valence-corrected chi connectivity index (χ1v) is 10.1. The zero-order chi connectivity index (χ0) is 12.9. The molecule has 1 atom stereocenters. The minimum Gasteiger partial charge on any atom is -0.469 e. The van der Waals surface area contributed by atoms with Crippen LogP contribution in [0.25, 0.3) is 0 Å². The molecular formula is C13H26O3Si. The lowest BCUT2D eigenvalue weighted by Crippen LogP contribution is -2.38. The smallest absolute Gasteiger partial charge is 0.308 e. The second kappa shape index (κ2) is 6.54. The Hall–Kier alpha value is -0.353. The van der Waals surface area contributed by atoms with Gasteiger partial charge in [0.15, 0.2) is 8.32 Å². The zero-order valence-electron chi connectivity index (χ0n) is 11.6. The minimum atomic E-state index is -1.59. The molecule has 3 nitrogen and oxygen atoms in total. The van der Waals surface area contributed by atoms with Crippen molar-refractivity contribution >= 4 is 14.3 Å². The van der Waals surface area contributed by atoms with Crippen molar-refractivity contribution < 1.29 is 14.0 Å². The third kappa shape index (κ3) is 5.68. The summed E-state index contributed by atoms with van der Waals surface area (Å²) in [7, 11) is -0.138. The van der Waals surface area contributed by atoms with Gasteiger partial charge in [0, 0.05) is 0 Å². The Morgan fingerprint density at radius 3 is 2.29 bits per heavy atom. The summed E-state index contributed by atoms with van der Waals surface area (Å²) in [6, 6.07) is 0. The molecule has 17 heavy (non-hydrogen) atoms. The van der Waals surface area contributed by atoms with E-state index in [0.717, 1.165) is 0 Å². The fourth-order valence-electron chi connectivity index (χ4n) is 2.51. The highest BCUT2D eigenvalue weighted by molar-refractivity contribution is 6.69. The van der Waals surface area contributed by atoms with Crippen molar-refractivity contribution in [2.45, 2.75) is 64.3 Å². The predicted molar refractivity (Wildman–Crippen MR) is 71.4 cm³/mol. The van der Waals surface area contributed by atoms with Gasteiger partial charge in [-0.15, -0.1) is 0 Å². The summed E-state index contributed by atoms with van der Waals surface area (Å²) >= 11 is 0. The first-order valence-electron chi connectivity index (χ1n) is 6.67. The number of hydrogen-bond acceptors (Lipinski definition) is 3. The lowest BCUT2D eigenvalue weighted by atomic mass is 9.84. The molecule has 0 N–H and O–H groups in total. The summed E-state index contributed by atoms with van der Waals surface area (Å²) in [6.45, 7) is 6.54. The molecule has 100 valence electrons. The molecule has 0 aromatic heterocycles. The highest BCUT2D eigenvalue weighted by Gasteiger charge is 2.30. The van der Waals surface area contributed by atoms with E-state index in [0.29, 0.717) is 12.3 Å². The van der Waals surface area contributed by atoms with Crippen molar-refractivity contribution in [1.29, 1.82) is 0 Å². The molecule has 0 radical (unpaired) electrons. The Balaban J connectivity index is 2.59. The second-order valence-corrected chi connectivity index (χ2v) is 10.4. The normalized spacial score (nSPS) is 20.0. The maximum Gasteiger partial charge on any atom is 0.308 e. The molecule has 0 aliphatic heterocycles. The lowest BCUT2D eigenvalue weighted by molar-refractivity contribution is -0.143. The molecule has 0 bridgehead atoms. The highest BCUT2D eigenvalue weighted by Crippen LogP contribution is 2.31. The van der Waals surface area contributed by atoms with Crippen LogP contribution in [0.1, 0.15) is 38.5 Å². The highest BCUT2D eigenvalue weighted by atomic mass is 28.4. The van der Waals surface area contributed by atoms with E-state index in [9.17, 15) is 4.79 Å². The SMILES string of the molecule is COC(=O)C[C@@H](O[Si](C)(C)C)C1CCCCC1. The summed E-state index contributed by atoms with van der Waals surface area (Å²) < 4.78 is 11.0. The van der Waals surface area contributed by atoms with Crippen molar-refractivity contribution in [3.8, 4) is 0 Å². The van der Waals surface area contributed by atoms with Crippen molar-refractivity contribution in [1.82, 2.24) is 0 Å². The first-order chi connectivity index (χ1) is 7.92. The van der Waals surface area contributed by atoms with Gasteiger partial charge in [-0.25, -0.2) is 0 Å². The minimum absolute atomic E-state index is 0.0782. The van der Waals surface area contributed by atoms with Crippen LogP contribution < -0.4 is 0 Å². The number of carbonyl (C=O) groups is 1. The predicted octanol–water partition coefficient (Wildman–Crippen LogP) is 3.35. The van der Waals surface area contributed by atoms with Gasteiger partial charge in [0.2, 0.25) is 0 Å². The lowest BCUT2D eigenvalue weighted by Gasteiger charge is -2.34. The van der Waals surface area contributed by atoms with E-state index in [4.69, 9.17) is 9.16 Å². The molecule has 0 saturated heterocycles. The number of esters is 1. The number of methoxy groups -OCH3 is 1.